The van der Waals surface area contributed by atoms with E-state index >= 15 is 0 Å². The number of hydrogen-bond acceptors (Lipinski definition) is 3. The molecule has 152 valence electrons. The fraction of sp³-hybridized carbons (Fsp3) is 0.650. The number of carbonyl (C=O) groups is 1. The second kappa shape index (κ2) is 9.21. The molecule has 0 radical (unpaired) electrons. The summed E-state index contributed by atoms with van der Waals surface area (Å²) in [5.74, 6) is 1.84. The molecule has 27 heavy (non-hydrogen) atoms. The lowest BCUT2D eigenvalue weighted by Crippen LogP contribution is -2.46. The summed E-state index contributed by atoms with van der Waals surface area (Å²) in [5, 5.41) is 3.99. The van der Waals surface area contributed by atoms with Crippen LogP contribution in [0.3, 0.4) is 0 Å². The molecule has 1 aromatic carbocycles. The van der Waals surface area contributed by atoms with Gasteiger partial charge in [0.1, 0.15) is 0 Å². The molecule has 0 spiro atoms. The third kappa shape index (κ3) is 4.50. The Morgan fingerprint density at radius 2 is 2.00 bits per heavy atom. The summed E-state index contributed by atoms with van der Waals surface area (Å²) in [6.45, 7) is 4.88. The predicted molar refractivity (Wildman–Crippen MR) is 116 cm³/mol. The first-order valence-corrected chi connectivity index (χ1v) is 9.95. The molecule has 2 bridgehead atoms. The van der Waals surface area contributed by atoms with Crippen molar-refractivity contribution in [3.63, 3.8) is 0 Å². The van der Waals surface area contributed by atoms with Crippen LogP contribution in [-0.2, 0) is 4.79 Å². The Morgan fingerprint density at radius 1 is 1.26 bits per heavy atom. The van der Waals surface area contributed by atoms with Crippen molar-refractivity contribution in [2.45, 2.75) is 38.6 Å². The molecule has 1 amide bonds. The van der Waals surface area contributed by atoms with E-state index in [0.717, 1.165) is 37.5 Å². The molecule has 1 aromatic rings. The number of benzene rings is 1. The molecule has 5 unspecified atom stereocenters. The zero-order valence-electron chi connectivity index (χ0n) is 15.7. The topological polar surface area (TPSA) is 58.4 Å². The van der Waals surface area contributed by atoms with Gasteiger partial charge in [-0.05, 0) is 68.1 Å². The van der Waals surface area contributed by atoms with E-state index in [1.807, 2.05) is 12.1 Å². The van der Waals surface area contributed by atoms with E-state index in [0.29, 0.717) is 17.8 Å². The van der Waals surface area contributed by atoms with Gasteiger partial charge in [-0.25, -0.2) is 0 Å². The van der Waals surface area contributed by atoms with Crippen molar-refractivity contribution in [1.82, 2.24) is 5.32 Å². The van der Waals surface area contributed by atoms with Crippen LogP contribution in [0.5, 0.6) is 0 Å². The Balaban J connectivity index is 0.00000131. The minimum atomic E-state index is 0. The van der Waals surface area contributed by atoms with E-state index in [4.69, 9.17) is 17.3 Å². The fourth-order valence-electron chi connectivity index (χ4n) is 5.23. The number of hydrogen-bond donors (Lipinski definition) is 2. The number of anilines is 1. The lowest BCUT2D eigenvalue weighted by Gasteiger charge is -2.27. The maximum Gasteiger partial charge on any atom is 0.224 e. The molecule has 4 rings (SSSR count). The van der Waals surface area contributed by atoms with Crippen molar-refractivity contribution < 1.29 is 4.79 Å². The van der Waals surface area contributed by atoms with Crippen LogP contribution in [0.1, 0.15) is 31.2 Å². The first-order valence-electron chi connectivity index (χ1n) is 9.57. The van der Waals surface area contributed by atoms with Crippen LogP contribution in [0.25, 0.3) is 0 Å². The van der Waals surface area contributed by atoms with Crippen LogP contribution in [0, 0.1) is 30.6 Å². The molecule has 7 heteroatoms. The summed E-state index contributed by atoms with van der Waals surface area (Å²) in [6, 6.07) is 6.13. The van der Waals surface area contributed by atoms with Crippen LogP contribution in [0.4, 0.5) is 5.69 Å². The van der Waals surface area contributed by atoms with Crippen molar-refractivity contribution in [3.05, 3.63) is 28.8 Å². The van der Waals surface area contributed by atoms with Gasteiger partial charge in [0, 0.05) is 36.4 Å². The van der Waals surface area contributed by atoms with Crippen molar-refractivity contribution in [1.29, 1.82) is 0 Å². The van der Waals surface area contributed by atoms with Gasteiger partial charge in [0.05, 0.1) is 5.92 Å². The molecule has 3 fully saturated rings. The quantitative estimate of drug-likeness (QED) is 0.757. The number of fused-ring (bicyclic) bond motifs is 2. The zero-order valence-corrected chi connectivity index (χ0v) is 18.1. The fourth-order valence-corrected chi connectivity index (χ4v) is 5.40. The highest BCUT2D eigenvalue weighted by Gasteiger charge is 2.49. The molecule has 1 heterocycles. The molecule has 3 N–H and O–H groups in total. The third-order valence-electron chi connectivity index (χ3n) is 6.65. The van der Waals surface area contributed by atoms with Crippen molar-refractivity contribution in [2.75, 3.05) is 24.5 Å². The van der Waals surface area contributed by atoms with Crippen LogP contribution in [-0.4, -0.2) is 31.6 Å². The number of halogens is 3. The Bertz CT molecular complexity index is 670. The van der Waals surface area contributed by atoms with Gasteiger partial charge in [-0.3, -0.25) is 4.79 Å². The van der Waals surface area contributed by atoms with Gasteiger partial charge >= 0.3 is 0 Å². The minimum absolute atomic E-state index is 0. The highest BCUT2D eigenvalue weighted by molar-refractivity contribution is 6.30. The highest BCUT2D eigenvalue weighted by Crippen LogP contribution is 2.47. The standard InChI is InChI=1S/C20H28ClN3O.2ClH/c1-12-2-5-16(21)9-17(12)24-7-6-13(11-24)10-23-20(25)18-14-3-4-15(8-14)19(18)22;;/h2,5,9,13-15,18-19H,3-4,6-8,10-11,22H2,1H3,(H,23,25);2*1H. The van der Waals surface area contributed by atoms with Gasteiger partial charge in [-0.15, -0.1) is 24.8 Å². The largest absolute Gasteiger partial charge is 0.371 e. The van der Waals surface area contributed by atoms with Crippen LogP contribution in [0.2, 0.25) is 5.02 Å². The van der Waals surface area contributed by atoms with E-state index in [1.165, 1.54) is 24.1 Å². The Morgan fingerprint density at radius 3 is 2.70 bits per heavy atom. The monoisotopic (exact) mass is 433 g/mol. The summed E-state index contributed by atoms with van der Waals surface area (Å²) in [7, 11) is 0. The number of carbonyl (C=O) groups excluding carboxylic acids is 1. The second-order valence-corrected chi connectivity index (χ2v) is 8.65. The number of rotatable bonds is 4. The first kappa shape index (κ1) is 22.6. The molecule has 2 aliphatic carbocycles. The Hall–Kier alpha value is -0.680. The maximum atomic E-state index is 12.6. The van der Waals surface area contributed by atoms with Crippen LogP contribution in [0.15, 0.2) is 18.2 Å². The Labute approximate surface area is 179 Å². The summed E-state index contributed by atoms with van der Waals surface area (Å²) >= 11 is 6.16. The number of nitrogens with one attached hydrogen (secondary N) is 1. The van der Waals surface area contributed by atoms with E-state index < -0.39 is 0 Å². The lowest BCUT2D eigenvalue weighted by molar-refractivity contribution is -0.127. The molecule has 2 saturated carbocycles. The maximum absolute atomic E-state index is 12.6. The smallest absolute Gasteiger partial charge is 0.224 e. The number of nitrogens with zero attached hydrogens (tertiary/aromatic N) is 1. The number of amides is 1. The van der Waals surface area contributed by atoms with E-state index in [9.17, 15) is 4.79 Å². The van der Waals surface area contributed by atoms with Gasteiger partial charge in [0.25, 0.3) is 0 Å². The van der Waals surface area contributed by atoms with E-state index in [-0.39, 0.29) is 42.7 Å². The van der Waals surface area contributed by atoms with Crippen LogP contribution < -0.4 is 16.0 Å². The molecule has 4 nitrogen and oxygen atoms in total. The minimum Gasteiger partial charge on any atom is -0.371 e. The van der Waals surface area contributed by atoms with Gasteiger partial charge in [0.2, 0.25) is 5.91 Å². The average Bonchev–Trinajstić information content (AvgIpc) is 3.30. The first-order chi connectivity index (χ1) is 12.0. The third-order valence-corrected chi connectivity index (χ3v) is 6.88. The SMILES string of the molecule is Cc1ccc(Cl)cc1N1CCC(CNC(=O)C2C3CCC(C3)C2N)C1.Cl.Cl. The molecule has 3 aliphatic rings. The molecular formula is C20H30Cl3N3O. The van der Waals surface area contributed by atoms with E-state index in [1.54, 1.807) is 0 Å². The summed E-state index contributed by atoms with van der Waals surface area (Å²) in [5.41, 5.74) is 8.77. The molecule has 5 atom stereocenters. The van der Waals surface area contributed by atoms with Gasteiger partial charge < -0.3 is 16.0 Å². The average molecular weight is 435 g/mol. The predicted octanol–water partition coefficient (Wildman–Crippen LogP) is 3.81. The molecular weight excluding hydrogens is 405 g/mol. The second-order valence-electron chi connectivity index (χ2n) is 8.21. The molecule has 1 saturated heterocycles. The normalized spacial score (nSPS) is 31.4. The number of nitrogens with two attached hydrogens (primary N) is 1. The lowest BCUT2D eigenvalue weighted by atomic mass is 9.84. The van der Waals surface area contributed by atoms with Gasteiger partial charge in [-0.1, -0.05) is 17.7 Å². The van der Waals surface area contributed by atoms with Crippen molar-refractivity contribution in [3.8, 4) is 0 Å². The molecule has 0 aromatic heterocycles. The number of aryl methyl sites for hydroxylation is 1. The van der Waals surface area contributed by atoms with Gasteiger partial charge in [0.15, 0.2) is 0 Å². The Kier molecular flexibility index (Phi) is 7.71. The summed E-state index contributed by atoms with van der Waals surface area (Å²) < 4.78 is 0. The van der Waals surface area contributed by atoms with Crippen molar-refractivity contribution in [2.24, 2.45) is 29.4 Å². The van der Waals surface area contributed by atoms with Crippen LogP contribution >= 0.6 is 36.4 Å². The van der Waals surface area contributed by atoms with E-state index in [2.05, 4.69) is 23.2 Å². The summed E-state index contributed by atoms with van der Waals surface area (Å²) in [6.07, 6.45) is 4.66. The van der Waals surface area contributed by atoms with Crippen molar-refractivity contribution >= 4 is 48.0 Å². The van der Waals surface area contributed by atoms with Gasteiger partial charge in [-0.2, -0.15) is 0 Å². The zero-order chi connectivity index (χ0) is 17.6. The molecule has 1 aliphatic heterocycles. The summed E-state index contributed by atoms with van der Waals surface area (Å²) in [4.78, 5) is 15.0. The highest BCUT2D eigenvalue weighted by atomic mass is 35.5.